The van der Waals surface area contributed by atoms with Crippen LogP contribution in [0, 0.1) is 24.0 Å². The van der Waals surface area contributed by atoms with Gasteiger partial charge in [-0.3, -0.25) is 19.9 Å². The number of nitrogens with zero attached hydrogens (tertiary/aromatic N) is 3. The number of nitrogens with one attached hydrogen (secondary N) is 1. The second-order valence-electron chi connectivity index (χ2n) is 7.70. The van der Waals surface area contributed by atoms with Crippen molar-refractivity contribution in [2.45, 2.75) is 38.1 Å². The number of aromatic amines is 1. The number of non-ortho nitro benzene ring substituents is 1. The molecular formula is C22H25N5O5S. The Balaban J connectivity index is 1.88. The van der Waals surface area contributed by atoms with Crippen LogP contribution in [0.3, 0.4) is 0 Å². The van der Waals surface area contributed by atoms with E-state index in [0.717, 1.165) is 5.56 Å². The van der Waals surface area contributed by atoms with Gasteiger partial charge in [-0.2, -0.15) is 4.31 Å². The summed E-state index contributed by atoms with van der Waals surface area (Å²) in [5, 5.41) is 11.1. The Hall–Kier alpha value is -3.57. The Morgan fingerprint density at radius 2 is 1.85 bits per heavy atom. The van der Waals surface area contributed by atoms with Gasteiger partial charge < -0.3 is 5.73 Å². The Morgan fingerprint density at radius 3 is 2.48 bits per heavy atom. The molecule has 33 heavy (non-hydrogen) atoms. The van der Waals surface area contributed by atoms with Crippen LogP contribution < -0.4 is 11.3 Å². The fourth-order valence-corrected chi connectivity index (χ4v) is 4.94. The molecule has 0 unspecified atom stereocenters. The molecule has 0 radical (unpaired) electrons. The summed E-state index contributed by atoms with van der Waals surface area (Å²) in [5.41, 5.74) is 7.42. The van der Waals surface area contributed by atoms with Crippen molar-refractivity contribution >= 4 is 21.7 Å². The van der Waals surface area contributed by atoms with Crippen molar-refractivity contribution in [3.05, 3.63) is 91.4 Å². The van der Waals surface area contributed by atoms with Crippen molar-refractivity contribution in [1.82, 2.24) is 14.3 Å². The van der Waals surface area contributed by atoms with Crippen LogP contribution in [0.1, 0.15) is 28.8 Å². The number of nitro benzene ring substituents is 1. The molecule has 2 aromatic carbocycles. The predicted molar refractivity (Wildman–Crippen MR) is 124 cm³/mol. The maximum atomic E-state index is 13.4. The van der Waals surface area contributed by atoms with E-state index < -0.39 is 14.9 Å². The number of nitrogen functional groups attached to an aromatic ring is 1. The number of sulfonamides is 1. The van der Waals surface area contributed by atoms with Crippen LogP contribution in [-0.2, 0) is 23.0 Å². The van der Waals surface area contributed by atoms with Crippen molar-refractivity contribution < 1.29 is 13.3 Å². The number of benzene rings is 2. The molecule has 3 N–H and O–H groups in total. The first-order chi connectivity index (χ1) is 15.6. The van der Waals surface area contributed by atoms with E-state index in [1.54, 1.807) is 25.1 Å². The molecule has 174 valence electrons. The van der Waals surface area contributed by atoms with Crippen LogP contribution >= 0.6 is 0 Å². The molecule has 3 aromatic rings. The molecule has 0 aliphatic carbocycles. The summed E-state index contributed by atoms with van der Waals surface area (Å²) in [4.78, 5) is 29.5. The maximum Gasteiger partial charge on any atom is 0.269 e. The van der Waals surface area contributed by atoms with Crippen LogP contribution in [0.4, 0.5) is 11.6 Å². The molecule has 0 spiro atoms. The Kier molecular flexibility index (Phi) is 7.24. The minimum absolute atomic E-state index is 0.0236. The molecule has 0 saturated carbocycles. The van der Waals surface area contributed by atoms with Gasteiger partial charge >= 0.3 is 0 Å². The van der Waals surface area contributed by atoms with Crippen LogP contribution in [-0.4, -0.2) is 34.2 Å². The van der Waals surface area contributed by atoms with Gasteiger partial charge in [-0.1, -0.05) is 29.8 Å². The van der Waals surface area contributed by atoms with E-state index >= 15 is 0 Å². The summed E-state index contributed by atoms with van der Waals surface area (Å²) in [6.45, 7) is 3.58. The van der Waals surface area contributed by atoms with E-state index in [0.29, 0.717) is 29.7 Å². The lowest BCUT2D eigenvalue weighted by molar-refractivity contribution is -0.384. The van der Waals surface area contributed by atoms with Gasteiger partial charge in [0.15, 0.2) is 0 Å². The third-order valence-electron chi connectivity index (χ3n) is 5.21. The van der Waals surface area contributed by atoms with Gasteiger partial charge in [0.25, 0.3) is 11.2 Å². The minimum Gasteiger partial charge on any atom is -0.369 e. The zero-order valence-electron chi connectivity index (χ0n) is 18.3. The zero-order chi connectivity index (χ0) is 24.2. The number of anilines is 1. The quantitative estimate of drug-likeness (QED) is 0.359. The Labute approximate surface area is 191 Å². The van der Waals surface area contributed by atoms with Crippen LogP contribution in [0.5, 0.6) is 0 Å². The van der Waals surface area contributed by atoms with E-state index in [-0.39, 0.29) is 35.2 Å². The van der Waals surface area contributed by atoms with Gasteiger partial charge in [-0.25, -0.2) is 13.4 Å². The summed E-state index contributed by atoms with van der Waals surface area (Å²) in [5.74, 6) is 0.0236. The number of aromatic nitrogens is 2. The first-order valence-corrected chi connectivity index (χ1v) is 11.7. The van der Waals surface area contributed by atoms with Crippen molar-refractivity contribution in [1.29, 1.82) is 0 Å². The summed E-state index contributed by atoms with van der Waals surface area (Å²) in [7, 11) is -3.89. The molecule has 0 saturated heterocycles. The highest BCUT2D eigenvalue weighted by Crippen LogP contribution is 2.22. The number of nitrogens with two attached hydrogens (primary N) is 1. The van der Waals surface area contributed by atoms with Gasteiger partial charge in [0.2, 0.25) is 16.0 Å². The summed E-state index contributed by atoms with van der Waals surface area (Å²) < 4.78 is 28.0. The summed E-state index contributed by atoms with van der Waals surface area (Å²) in [6, 6.07) is 12.4. The SMILES string of the molecule is Cc1ccc(S(=O)(=O)N(CCCc2c(C)nc(N)[nH]c2=O)Cc2cccc([N+](=O)[O-])c2)cc1. The molecule has 0 bridgehead atoms. The first kappa shape index (κ1) is 24.1. The topological polar surface area (TPSA) is 152 Å². The highest BCUT2D eigenvalue weighted by atomic mass is 32.2. The molecule has 0 aliphatic heterocycles. The lowest BCUT2D eigenvalue weighted by Gasteiger charge is -2.22. The zero-order valence-corrected chi connectivity index (χ0v) is 19.1. The molecule has 1 heterocycles. The second-order valence-corrected chi connectivity index (χ2v) is 9.64. The van der Waals surface area contributed by atoms with E-state index in [1.165, 1.54) is 34.6 Å². The molecule has 0 atom stereocenters. The maximum absolute atomic E-state index is 13.4. The highest BCUT2D eigenvalue weighted by molar-refractivity contribution is 7.89. The number of hydrogen-bond donors (Lipinski definition) is 2. The highest BCUT2D eigenvalue weighted by Gasteiger charge is 2.25. The Morgan fingerprint density at radius 1 is 1.15 bits per heavy atom. The number of hydrogen-bond acceptors (Lipinski definition) is 7. The van der Waals surface area contributed by atoms with Gasteiger partial charge in [0.1, 0.15) is 0 Å². The van der Waals surface area contributed by atoms with E-state index in [1.807, 2.05) is 6.92 Å². The van der Waals surface area contributed by atoms with Gasteiger partial charge in [0, 0.05) is 36.5 Å². The molecule has 10 nitrogen and oxygen atoms in total. The standard InChI is InChI=1S/C22H25N5O5S/c1-15-8-10-19(11-9-15)33(31,32)26(14-17-5-3-6-18(13-17)27(29)30)12-4-7-20-16(2)24-22(23)25-21(20)28/h3,5-6,8-11,13H,4,7,12,14H2,1-2H3,(H3,23,24,25,28). The van der Waals surface area contributed by atoms with E-state index in [2.05, 4.69) is 9.97 Å². The smallest absolute Gasteiger partial charge is 0.269 e. The summed E-state index contributed by atoms with van der Waals surface area (Å²) >= 11 is 0. The average molecular weight is 472 g/mol. The van der Waals surface area contributed by atoms with Gasteiger partial charge in [0.05, 0.1) is 9.82 Å². The largest absolute Gasteiger partial charge is 0.369 e. The molecule has 3 rings (SSSR count). The Bertz CT molecular complexity index is 1320. The van der Waals surface area contributed by atoms with Crippen molar-refractivity contribution in [2.75, 3.05) is 12.3 Å². The molecular weight excluding hydrogens is 446 g/mol. The van der Waals surface area contributed by atoms with Crippen molar-refractivity contribution in [3.63, 3.8) is 0 Å². The molecule has 0 aliphatic rings. The number of rotatable bonds is 9. The lowest BCUT2D eigenvalue weighted by Crippen LogP contribution is -2.32. The molecule has 0 fully saturated rings. The fourth-order valence-electron chi connectivity index (χ4n) is 3.47. The molecule has 11 heteroatoms. The number of nitro groups is 1. The third-order valence-corrected chi connectivity index (χ3v) is 7.07. The van der Waals surface area contributed by atoms with Crippen molar-refractivity contribution in [2.24, 2.45) is 0 Å². The fraction of sp³-hybridized carbons (Fsp3) is 0.273. The van der Waals surface area contributed by atoms with Crippen LogP contribution in [0.2, 0.25) is 0 Å². The summed E-state index contributed by atoms with van der Waals surface area (Å²) in [6.07, 6.45) is 0.638. The lowest BCUT2D eigenvalue weighted by atomic mass is 10.1. The van der Waals surface area contributed by atoms with Crippen LogP contribution in [0.15, 0.2) is 58.2 Å². The predicted octanol–water partition coefficient (Wildman–Crippen LogP) is 2.70. The number of H-pyrrole nitrogens is 1. The second kappa shape index (κ2) is 9.92. The van der Waals surface area contributed by atoms with Crippen molar-refractivity contribution in [3.8, 4) is 0 Å². The van der Waals surface area contributed by atoms with E-state index in [4.69, 9.17) is 5.73 Å². The normalized spacial score (nSPS) is 11.6. The van der Waals surface area contributed by atoms with E-state index in [9.17, 15) is 23.3 Å². The monoisotopic (exact) mass is 471 g/mol. The minimum atomic E-state index is -3.89. The van der Waals surface area contributed by atoms with Gasteiger partial charge in [-0.05, 0) is 44.4 Å². The number of aryl methyl sites for hydroxylation is 2. The van der Waals surface area contributed by atoms with Crippen LogP contribution in [0.25, 0.3) is 0 Å². The average Bonchev–Trinajstić information content (AvgIpc) is 2.75. The third kappa shape index (κ3) is 5.82. The first-order valence-electron chi connectivity index (χ1n) is 10.2. The molecule has 0 amide bonds. The van der Waals surface area contributed by atoms with Gasteiger partial charge in [-0.15, -0.1) is 0 Å². The molecule has 1 aromatic heterocycles.